The maximum atomic E-state index is 10.3. The number of fused-ring (bicyclic) bond motifs is 1. The van der Waals surface area contributed by atoms with Crippen molar-refractivity contribution in [3.8, 4) is 11.6 Å². The molecule has 2 aromatic heterocycles. The van der Waals surface area contributed by atoms with Gasteiger partial charge in [-0.15, -0.1) is 0 Å². The molecule has 1 aliphatic rings. The number of aliphatic hydroxyl groups is 1. The van der Waals surface area contributed by atoms with Crippen LogP contribution in [0, 0.1) is 6.92 Å². The number of likely N-dealkylation sites (N-methyl/N-ethyl adjacent to an activating group) is 2. The third kappa shape index (κ3) is 5.88. The van der Waals surface area contributed by atoms with Crippen molar-refractivity contribution < 1.29 is 9.84 Å². The molecule has 0 amide bonds. The fourth-order valence-electron chi connectivity index (χ4n) is 4.79. The van der Waals surface area contributed by atoms with Crippen LogP contribution in [0.2, 0.25) is 0 Å². The molecule has 1 atom stereocenters. The highest BCUT2D eigenvalue weighted by molar-refractivity contribution is 5.81. The average Bonchev–Trinajstić information content (AvgIpc) is 3.73. The van der Waals surface area contributed by atoms with Crippen LogP contribution < -0.4 is 20.3 Å². The van der Waals surface area contributed by atoms with E-state index in [0.29, 0.717) is 23.3 Å². The van der Waals surface area contributed by atoms with Crippen LogP contribution >= 0.6 is 0 Å². The van der Waals surface area contributed by atoms with Crippen LogP contribution in [0.3, 0.4) is 0 Å². The zero-order chi connectivity index (χ0) is 28.4. The highest BCUT2D eigenvalue weighted by Crippen LogP contribution is 2.41. The van der Waals surface area contributed by atoms with Crippen LogP contribution in [0.1, 0.15) is 30.1 Å². The maximum absolute atomic E-state index is 10.3. The summed E-state index contributed by atoms with van der Waals surface area (Å²) in [4.78, 5) is 18.3. The molecule has 0 bridgehead atoms. The van der Waals surface area contributed by atoms with Crippen molar-refractivity contribution in [3.05, 3.63) is 66.6 Å². The molecule has 1 fully saturated rings. The number of imidazole rings is 1. The Bertz CT molecular complexity index is 1510. The van der Waals surface area contributed by atoms with Crippen LogP contribution in [0.4, 0.5) is 23.0 Å². The van der Waals surface area contributed by atoms with Gasteiger partial charge in [-0.05, 0) is 75.7 Å². The number of methoxy groups -OCH3 is 1. The molecule has 2 aromatic carbocycles. The fourth-order valence-corrected chi connectivity index (χ4v) is 4.79. The molecule has 5 rings (SSSR count). The summed E-state index contributed by atoms with van der Waals surface area (Å²) in [5, 5.41) is 16.7. The quantitative estimate of drug-likeness (QED) is 0.174. The zero-order valence-corrected chi connectivity index (χ0v) is 23.8. The predicted octanol–water partition coefficient (Wildman–Crippen LogP) is 4.67. The lowest BCUT2D eigenvalue weighted by molar-refractivity contribution is 0.253. The summed E-state index contributed by atoms with van der Waals surface area (Å²) in [5.41, 5.74) is 5.60. The average molecular weight is 543 g/mol. The summed E-state index contributed by atoms with van der Waals surface area (Å²) in [6.45, 7) is 7.34. The van der Waals surface area contributed by atoms with Gasteiger partial charge < -0.3 is 30.3 Å². The summed E-state index contributed by atoms with van der Waals surface area (Å²) >= 11 is 0. The minimum Gasteiger partial charge on any atom is -0.494 e. The van der Waals surface area contributed by atoms with E-state index >= 15 is 0 Å². The minimum atomic E-state index is -0.917. The standard InChI is InChI=1S/C30H38N8O2/c1-7-29(39)33-23-17-24(27(40-6)18-26(23)37(5)15-14-36(3)4)34-30-31-13-12-28(35-30)38-19(2)32-22-16-21(20-8-9-20)10-11-25(22)38/h7,10-13,16-18,20,29,33,39H,1,8-9,14-15H2,2-6H3,(H,31,34,35). The zero-order valence-electron chi connectivity index (χ0n) is 23.8. The highest BCUT2D eigenvalue weighted by atomic mass is 16.5. The van der Waals surface area contributed by atoms with Gasteiger partial charge in [0.25, 0.3) is 0 Å². The molecule has 10 heteroatoms. The van der Waals surface area contributed by atoms with Crippen LogP contribution in [-0.4, -0.2) is 77.1 Å². The van der Waals surface area contributed by atoms with E-state index in [1.807, 2.05) is 50.8 Å². The van der Waals surface area contributed by atoms with Gasteiger partial charge in [0.1, 0.15) is 23.6 Å². The first-order valence-electron chi connectivity index (χ1n) is 13.5. The SMILES string of the molecule is C=CC(O)Nc1cc(Nc2nccc(-n3c(C)nc4cc(C5CC5)ccc43)n2)c(OC)cc1N(C)CCN(C)C. The molecule has 0 saturated heterocycles. The third-order valence-electron chi connectivity index (χ3n) is 7.15. The number of aromatic nitrogens is 4. The number of aliphatic hydroxyl groups excluding tert-OH is 1. The van der Waals surface area contributed by atoms with Crippen molar-refractivity contribution in [1.82, 2.24) is 24.4 Å². The number of ether oxygens (including phenoxy) is 1. The Balaban J connectivity index is 1.48. The van der Waals surface area contributed by atoms with Crippen molar-refractivity contribution in [3.63, 3.8) is 0 Å². The molecular formula is C30H38N8O2. The molecule has 1 unspecified atom stereocenters. The number of hydrogen-bond acceptors (Lipinski definition) is 9. The first-order chi connectivity index (χ1) is 19.3. The van der Waals surface area contributed by atoms with Gasteiger partial charge in [-0.1, -0.05) is 12.6 Å². The van der Waals surface area contributed by atoms with Crippen LogP contribution in [0.5, 0.6) is 5.75 Å². The summed E-state index contributed by atoms with van der Waals surface area (Å²) < 4.78 is 7.80. The summed E-state index contributed by atoms with van der Waals surface area (Å²) in [7, 11) is 7.71. The minimum absolute atomic E-state index is 0.413. The number of aryl methyl sites for hydroxylation is 1. The lowest BCUT2D eigenvalue weighted by atomic mass is 10.1. The van der Waals surface area contributed by atoms with E-state index in [-0.39, 0.29) is 0 Å². The molecule has 0 aliphatic heterocycles. The van der Waals surface area contributed by atoms with E-state index in [0.717, 1.165) is 47.1 Å². The first kappa shape index (κ1) is 27.4. The van der Waals surface area contributed by atoms with Gasteiger partial charge in [0.15, 0.2) is 0 Å². The van der Waals surface area contributed by atoms with Crippen LogP contribution in [0.25, 0.3) is 16.9 Å². The Kier molecular flexibility index (Phi) is 7.90. The van der Waals surface area contributed by atoms with E-state index < -0.39 is 6.23 Å². The Labute approximate surface area is 235 Å². The van der Waals surface area contributed by atoms with E-state index in [4.69, 9.17) is 14.7 Å². The maximum Gasteiger partial charge on any atom is 0.229 e. The van der Waals surface area contributed by atoms with E-state index in [2.05, 4.69) is 50.2 Å². The number of nitrogens with zero attached hydrogens (tertiary/aromatic N) is 6. The molecule has 0 spiro atoms. The predicted molar refractivity (Wildman–Crippen MR) is 161 cm³/mol. The molecule has 10 nitrogen and oxygen atoms in total. The fraction of sp³-hybridized carbons (Fsp3) is 0.367. The van der Waals surface area contributed by atoms with Gasteiger partial charge >= 0.3 is 0 Å². The highest BCUT2D eigenvalue weighted by Gasteiger charge is 2.24. The second kappa shape index (κ2) is 11.5. The Morgan fingerprint density at radius 1 is 1.12 bits per heavy atom. The second-order valence-corrected chi connectivity index (χ2v) is 10.5. The smallest absolute Gasteiger partial charge is 0.229 e. The molecule has 3 N–H and O–H groups in total. The van der Waals surface area contributed by atoms with Gasteiger partial charge in [0.2, 0.25) is 5.95 Å². The Morgan fingerprint density at radius 2 is 1.93 bits per heavy atom. The van der Waals surface area contributed by atoms with Gasteiger partial charge in [0.05, 0.1) is 35.2 Å². The molecule has 4 aromatic rings. The normalized spacial score (nSPS) is 13.9. The lowest BCUT2D eigenvalue weighted by Crippen LogP contribution is -2.29. The third-order valence-corrected chi connectivity index (χ3v) is 7.15. The summed E-state index contributed by atoms with van der Waals surface area (Å²) in [6.07, 6.45) is 4.77. The molecule has 0 radical (unpaired) electrons. The molecule has 40 heavy (non-hydrogen) atoms. The van der Waals surface area contributed by atoms with Gasteiger partial charge in [0, 0.05) is 32.4 Å². The van der Waals surface area contributed by atoms with Crippen LogP contribution in [0.15, 0.2) is 55.3 Å². The first-order valence-corrected chi connectivity index (χ1v) is 13.5. The molecule has 210 valence electrons. The molecule has 2 heterocycles. The summed E-state index contributed by atoms with van der Waals surface area (Å²) in [5.74, 6) is 3.29. The molecular weight excluding hydrogens is 504 g/mol. The van der Waals surface area contributed by atoms with E-state index in [1.54, 1.807) is 13.3 Å². The molecule has 1 aliphatic carbocycles. The van der Waals surface area contributed by atoms with Crippen molar-refractivity contribution in [2.75, 3.05) is 56.9 Å². The van der Waals surface area contributed by atoms with Gasteiger partial charge in [-0.2, -0.15) is 4.98 Å². The van der Waals surface area contributed by atoms with Crippen molar-refractivity contribution >= 4 is 34.0 Å². The molecule has 1 saturated carbocycles. The number of hydrogen-bond donors (Lipinski definition) is 3. The topological polar surface area (TPSA) is 104 Å². The van der Waals surface area contributed by atoms with Gasteiger partial charge in [-0.3, -0.25) is 4.57 Å². The summed E-state index contributed by atoms with van der Waals surface area (Å²) in [6, 6.07) is 12.2. The number of nitrogens with one attached hydrogen (secondary N) is 2. The van der Waals surface area contributed by atoms with Crippen molar-refractivity contribution in [2.45, 2.75) is 31.9 Å². The monoisotopic (exact) mass is 542 g/mol. The van der Waals surface area contributed by atoms with Crippen molar-refractivity contribution in [1.29, 1.82) is 0 Å². The number of rotatable bonds is 12. The van der Waals surface area contributed by atoms with Gasteiger partial charge in [-0.25, -0.2) is 9.97 Å². The Hall–Kier alpha value is -4.15. The Morgan fingerprint density at radius 3 is 2.62 bits per heavy atom. The largest absolute Gasteiger partial charge is 0.494 e. The number of benzene rings is 2. The van der Waals surface area contributed by atoms with Crippen molar-refractivity contribution in [2.24, 2.45) is 0 Å². The van der Waals surface area contributed by atoms with E-state index in [1.165, 1.54) is 24.5 Å². The second-order valence-electron chi connectivity index (χ2n) is 10.5. The lowest BCUT2D eigenvalue weighted by Gasteiger charge is -2.27. The van der Waals surface area contributed by atoms with E-state index in [9.17, 15) is 5.11 Å². The van der Waals surface area contributed by atoms with Crippen LogP contribution in [-0.2, 0) is 0 Å². The number of anilines is 4.